The van der Waals surface area contributed by atoms with Crippen LogP contribution in [0.2, 0.25) is 0 Å². The maximum atomic E-state index is 4.76. The Kier molecular flexibility index (Phi) is 4.38. The summed E-state index contributed by atoms with van der Waals surface area (Å²) in [5, 5.41) is 3.62. The lowest BCUT2D eigenvalue weighted by molar-refractivity contribution is 0.461. The summed E-state index contributed by atoms with van der Waals surface area (Å²) in [7, 11) is 0. The number of nitrogens with one attached hydrogen (secondary N) is 1. The molecule has 0 atom stereocenters. The Balaban J connectivity index is 1.71. The van der Waals surface area contributed by atoms with E-state index in [0.717, 1.165) is 30.5 Å². The molecule has 1 aliphatic heterocycles. The van der Waals surface area contributed by atoms with Gasteiger partial charge in [-0.3, -0.25) is 0 Å². The van der Waals surface area contributed by atoms with Crippen LogP contribution in [0.5, 0.6) is 0 Å². The summed E-state index contributed by atoms with van der Waals surface area (Å²) in [6, 6.07) is 2.69. The predicted molar refractivity (Wildman–Crippen MR) is 83.3 cm³/mol. The van der Waals surface area contributed by atoms with E-state index in [4.69, 9.17) is 4.98 Å². The molecule has 1 saturated heterocycles. The smallest absolute Gasteiger partial charge is 0.227 e. The van der Waals surface area contributed by atoms with Gasteiger partial charge in [-0.1, -0.05) is 19.3 Å². The lowest BCUT2D eigenvalue weighted by Crippen LogP contribution is -2.31. The molecule has 0 amide bonds. The van der Waals surface area contributed by atoms with Crippen molar-refractivity contribution in [3.63, 3.8) is 0 Å². The zero-order chi connectivity index (χ0) is 13.8. The van der Waals surface area contributed by atoms with Crippen LogP contribution in [0, 0.1) is 6.92 Å². The molecule has 0 bridgehead atoms. The van der Waals surface area contributed by atoms with E-state index in [1.165, 1.54) is 51.4 Å². The van der Waals surface area contributed by atoms with Gasteiger partial charge in [0, 0.05) is 30.9 Å². The average Bonchev–Trinajstić information content (AvgIpc) is 2.49. The fraction of sp³-hybridized carbons (Fsp3) is 0.750. The second-order valence-electron chi connectivity index (χ2n) is 6.22. The first-order chi connectivity index (χ1) is 9.81. The Hall–Kier alpha value is -1.32. The second-order valence-corrected chi connectivity index (χ2v) is 6.22. The van der Waals surface area contributed by atoms with Gasteiger partial charge in [-0.25, -0.2) is 4.98 Å². The number of piperidine rings is 1. The van der Waals surface area contributed by atoms with E-state index in [1.807, 2.05) is 0 Å². The third kappa shape index (κ3) is 3.41. The van der Waals surface area contributed by atoms with Crippen LogP contribution < -0.4 is 10.2 Å². The van der Waals surface area contributed by atoms with Gasteiger partial charge in [-0.05, 0) is 39.0 Å². The van der Waals surface area contributed by atoms with Gasteiger partial charge in [0.2, 0.25) is 5.95 Å². The summed E-state index contributed by atoms with van der Waals surface area (Å²) in [5.41, 5.74) is 1.07. The van der Waals surface area contributed by atoms with Gasteiger partial charge >= 0.3 is 0 Å². The van der Waals surface area contributed by atoms with Crippen molar-refractivity contribution < 1.29 is 0 Å². The van der Waals surface area contributed by atoms with E-state index < -0.39 is 0 Å². The van der Waals surface area contributed by atoms with Gasteiger partial charge < -0.3 is 10.2 Å². The third-order valence-electron chi connectivity index (χ3n) is 4.44. The normalized spacial score (nSPS) is 20.9. The molecular formula is C16H26N4. The number of rotatable bonds is 3. The largest absolute Gasteiger partial charge is 0.367 e. The number of aromatic nitrogens is 2. The summed E-state index contributed by atoms with van der Waals surface area (Å²) in [4.78, 5) is 11.7. The first-order valence-electron chi connectivity index (χ1n) is 8.18. The van der Waals surface area contributed by atoms with Crippen LogP contribution in [-0.4, -0.2) is 29.1 Å². The zero-order valence-corrected chi connectivity index (χ0v) is 12.6. The van der Waals surface area contributed by atoms with Gasteiger partial charge in [0.25, 0.3) is 0 Å². The Morgan fingerprint density at radius 1 is 1.00 bits per heavy atom. The van der Waals surface area contributed by atoms with Crippen LogP contribution in [0.3, 0.4) is 0 Å². The van der Waals surface area contributed by atoms with Gasteiger partial charge in [-0.15, -0.1) is 0 Å². The van der Waals surface area contributed by atoms with Gasteiger partial charge in [0.1, 0.15) is 5.82 Å². The lowest BCUT2D eigenvalue weighted by atomic mass is 9.95. The monoisotopic (exact) mass is 274 g/mol. The van der Waals surface area contributed by atoms with Crippen molar-refractivity contribution in [3.8, 4) is 0 Å². The molecule has 20 heavy (non-hydrogen) atoms. The molecular weight excluding hydrogens is 248 g/mol. The summed E-state index contributed by atoms with van der Waals surface area (Å²) < 4.78 is 0. The van der Waals surface area contributed by atoms with E-state index in [-0.39, 0.29) is 0 Å². The first-order valence-corrected chi connectivity index (χ1v) is 8.18. The van der Waals surface area contributed by atoms with E-state index in [1.54, 1.807) is 0 Å². The van der Waals surface area contributed by atoms with E-state index in [0.29, 0.717) is 6.04 Å². The summed E-state index contributed by atoms with van der Waals surface area (Å²) in [6.07, 6.45) is 10.5. The first kappa shape index (κ1) is 13.7. The van der Waals surface area contributed by atoms with Crippen LogP contribution in [0.15, 0.2) is 6.07 Å². The summed E-state index contributed by atoms with van der Waals surface area (Å²) in [5.74, 6) is 1.94. The summed E-state index contributed by atoms with van der Waals surface area (Å²) in [6.45, 7) is 4.28. The van der Waals surface area contributed by atoms with Gasteiger partial charge in [-0.2, -0.15) is 4.98 Å². The Morgan fingerprint density at radius 3 is 2.45 bits per heavy atom. The third-order valence-corrected chi connectivity index (χ3v) is 4.44. The molecule has 4 heteroatoms. The molecule has 0 unspecified atom stereocenters. The SMILES string of the molecule is Cc1cc(NC2CCCCC2)nc(N2CCCCC2)n1. The van der Waals surface area contributed by atoms with Crippen molar-refractivity contribution in [2.24, 2.45) is 0 Å². The highest BCUT2D eigenvalue weighted by Crippen LogP contribution is 2.23. The molecule has 110 valence electrons. The molecule has 1 aromatic heterocycles. The van der Waals surface area contributed by atoms with Crippen LogP contribution in [0.25, 0.3) is 0 Å². The minimum absolute atomic E-state index is 0.604. The molecule has 3 rings (SSSR count). The number of anilines is 2. The summed E-state index contributed by atoms with van der Waals surface area (Å²) >= 11 is 0. The van der Waals surface area contributed by atoms with E-state index in [9.17, 15) is 0 Å². The molecule has 0 radical (unpaired) electrons. The molecule has 4 nitrogen and oxygen atoms in total. The van der Waals surface area contributed by atoms with Gasteiger partial charge in [0.15, 0.2) is 0 Å². The fourth-order valence-electron chi connectivity index (χ4n) is 3.32. The van der Waals surface area contributed by atoms with Crippen LogP contribution in [0.1, 0.15) is 57.1 Å². The minimum atomic E-state index is 0.604. The van der Waals surface area contributed by atoms with Gasteiger partial charge in [0.05, 0.1) is 0 Å². The zero-order valence-electron chi connectivity index (χ0n) is 12.6. The van der Waals surface area contributed by atoms with Crippen molar-refractivity contribution in [2.45, 2.75) is 64.3 Å². The van der Waals surface area contributed by atoms with Crippen molar-refractivity contribution in [1.29, 1.82) is 0 Å². The quantitative estimate of drug-likeness (QED) is 0.915. The molecule has 0 aromatic carbocycles. The highest BCUT2D eigenvalue weighted by atomic mass is 15.3. The number of aryl methyl sites for hydroxylation is 1. The highest BCUT2D eigenvalue weighted by molar-refractivity contribution is 5.44. The average molecular weight is 274 g/mol. The molecule has 1 aromatic rings. The Morgan fingerprint density at radius 2 is 1.70 bits per heavy atom. The predicted octanol–water partition coefficient (Wildman–Crippen LogP) is 3.52. The van der Waals surface area contributed by atoms with E-state index in [2.05, 4.69) is 28.2 Å². The fourth-order valence-corrected chi connectivity index (χ4v) is 3.32. The van der Waals surface area contributed by atoms with Crippen molar-refractivity contribution in [1.82, 2.24) is 9.97 Å². The standard InChI is InChI=1S/C16H26N4/c1-13-12-15(18-14-8-4-2-5-9-14)19-16(17-13)20-10-6-3-7-11-20/h12,14H,2-11H2,1H3,(H,17,18,19). The van der Waals surface area contributed by atoms with Crippen LogP contribution in [-0.2, 0) is 0 Å². The molecule has 2 aliphatic rings. The van der Waals surface area contributed by atoms with Crippen molar-refractivity contribution >= 4 is 11.8 Å². The molecule has 2 fully saturated rings. The topological polar surface area (TPSA) is 41.1 Å². The molecule has 2 heterocycles. The van der Waals surface area contributed by atoms with Crippen LogP contribution in [0.4, 0.5) is 11.8 Å². The Labute approximate surface area is 122 Å². The molecule has 1 aliphatic carbocycles. The Bertz CT molecular complexity index is 434. The highest BCUT2D eigenvalue weighted by Gasteiger charge is 2.17. The number of nitrogens with zero attached hydrogens (tertiary/aromatic N) is 3. The molecule has 0 spiro atoms. The minimum Gasteiger partial charge on any atom is -0.367 e. The van der Waals surface area contributed by atoms with Crippen molar-refractivity contribution in [3.05, 3.63) is 11.8 Å². The van der Waals surface area contributed by atoms with Crippen LogP contribution >= 0.6 is 0 Å². The maximum Gasteiger partial charge on any atom is 0.227 e. The van der Waals surface area contributed by atoms with Crippen molar-refractivity contribution in [2.75, 3.05) is 23.3 Å². The number of hydrogen-bond donors (Lipinski definition) is 1. The maximum absolute atomic E-state index is 4.76. The molecule has 1 N–H and O–H groups in total. The second kappa shape index (κ2) is 6.42. The number of hydrogen-bond acceptors (Lipinski definition) is 4. The lowest BCUT2D eigenvalue weighted by Gasteiger charge is -2.28. The van der Waals surface area contributed by atoms with E-state index >= 15 is 0 Å². The molecule has 1 saturated carbocycles.